The maximum atomic E-state index is 14.1. The molecule has 8 nitrogen and oxygen atoms in total. The molecule has 1 aromatic carbocycles. The van der Waals surface area contributed by atoms with Crippen LogP contribution in [0.2, 0.25) is 0 Å². The van der Waals surface area contributed by atoms with Crippen molar-refractivity contribution in [1.29, 1.82) is 0 Å². The second-order valence-corrected chi connectivity index (χ2v) is 6.49. The summed E-state index contributed by atoms with van der Waals surface area (Å²) in [6.07, 6.45) is 3.57. The maximum Gasteiger partial charge on any atom is 0.312 e. The monoisotopic (exact) mass is 387 g/mol. The zero-order valence-electron chi connectivity index (χ0n) is 15.8. The van der Waals surface area contributed by atoms with Crippen LogP contribution < -0.4 is 14.8 Å². The first-order valence-electron chi connectivity index (χ1n) is 9.16. The van der Waals surface area contributed by atoms with Gasteiger partial charge in [0.2, 0.25) is 0 Å². The van der Waals surface area contributed by atoms with E-state index in [4.69, 9.17) is 14.2 Å². The van der Waals surface area contributed by atoms with E-state index in [0.29, 0.717) is 41.6 Å². The Hall–Kier alpha value is -2.94. The highest BCUT2D eigenvalue weighted by atomic mass is 19.1. The van der Waals surface area contributed by atoms with Crippen LogP contribution in [0, 0.1) is 6.08 Å². The second-order valence-electron chi connectivity index (χ2n) is 6.49. The summed E-state index contributed by atoms with van der Waals surface area (Å²) < 4.78 is 32.4. The molecule has 0 spiro atoms. The Morgan fingerprint density at radius 3 is 2.89 bits per heavy atom. The predicted octanol–water partition coefficient (Wildman–Crippen LogP) is 3.29. The van der Waals surface area contributed by atoms with E-state index in [1.54, 1.807) is 25.1 Å². The van der Waals surface area contributed by atoms with Gasteiger partial charge in [0.05, 0.1) is 20.5 Å². The van der Waals surface area contributed by atoms with E-state index in [1.807, 2.05) is 18.2 Å². The number of para-hydroxylation sites is 1. The SMILES string of the molecule is COc1cccc(CNc2nc(F)nc3c2ncn3C2CCCCO2)c1OC. The number of halogens is 1. The molecule has 0 saturated carbocycles. The normalized spacial score (nSPS) is 16.9. The molecule has 1 fully saturated rings. The minimum Gasteiger partial charge on any atom is -0.493 e. The number of fused-ring (bicyclic) bond motifs is 1. The lowest BCUT2D eigenvalue weighted by Crippen LogP contribution is -2.18. The van der Waals surface area contributed by atoms with Gasteiger partial charge in [-0.05, 0) is 25.3 Å². The molecule has 28 heavy (non-hydrogen) atoms. The molecule has 1 aliphatic rings. The molecule has 3 aromatic rings. The summed E-state index contributed by atoms with van der Waals surface area (Å²) in [6, 6.07) is 5.58. The average Bonchev–Trinajstić information content (AvgIpc) is 3.16. The van der Waals surface area contributed by atoms with Crippen molar-refractivity contribution in [1.82, 2.24) is 19.5 Å². The summed E-state index contributed by atoms with van der Waals surface area (Å²) in [4.78, 5) is 12.2. The van der Waals surface area contributed by atoms with Crippen LogP contribution >= 0.6 is 0 Å². The van der Waals surface area contributed by atoms with Gasteiger partial charge in [-0.2, -0.15) is 14.4 Å². The van der Waals surface area contributed by atoms with Crippen molar-refractivity contribution in [3.63, 3.8) is 0 Å². The smallest absolute Gasteiger partial charge is 0.312 e. The van der Waals surface area contributed by atoms with Crippen molar-refractivity contribution in [3.8, 4) is 11.5 Å². The van der Waals surface area contributed by atoms with E-state index in [2.05, 4.69) is 20.3 Å². The molecule has 1 atom stereocenters. The zero-order valence-corrected chi connectivity index (χ0v) is 15.8. The molecule has 4 rings (SSSR count). The molecule has 0 bridgehead atoms. The van der Waals surface area contributed by atoms with Crippen molar-refractivity contribution in [2.75, 3.05) is 26.1 Å². The van der Waals surface area contributed by atoms with Crippen molar-refractivity contribution in [2.45, 2.75) is 32.0 Å². The Kier molecular flexibility index (Phi) is 5.25. The molecule has 0 amide bonds. The number of nitrogens with one attached hydrogen (secondary N) is 1. The maximum absolute atomic E-state index is 14.1. The number of hydrogen-bond acceptors (Lipinski definition) is 7. The Bertz CT molecular complexity index is 972. The molecule has 1 aliphatic heterocycles. The number of anilines is 1. The molecule has 148 valence electrons. The Balaban J connectivity index is 1.64. The summed E-state index contributed by atoms with van der Waals surface area (Å²) in [5.74, 6) is 1.56. The number of rotatable bonds is 6. The highest BCUT2D eigenvalue weighted by molar-refractivity contribution is 5.82. The van der Waals surface area contributed by atoms with Crippen LogP contribution in [0.5, 0.6) is 11.5 Å². The molecule has 0 aliphatic carbocycles. The van der Waals surface area contributed by atoms with Gasteiger partial charge < -0.3 is 19.5 Å². The topological polar surface area (TPSA) is 83.3 Å². The summed E-state index contributed by atoms with van der Waals surface area (Å²) in [6.45, 7) is 1.04. The summed E-state index contributed by atoms with van der Waals surface area (Å²) in [7, 11) is 3.16. The molecule has 1 N–H and O–H groups in total. The predicted molar refractivity (Wildman–Crippen MR) is 101 cm³/mol. The van der Waals surface area contributed by atoms with Crippen LogP contribution in [0.25, 0.3) is 11.2 Å². The number of imidazole rings is 1. The lowest BCUT2D eigenvalue weighted by molar-refractivity contribution is -0.0298. The fraction of sp³-hybridized carbons (Fsp3) is 0.421. The van der Waals surface area contributed by atoms with Crippen LogP contribution in [0.1, 0.15) is 31.1 Å². The van der Waals surface area contributed by atoms with E-state index in [-0.39, 0.29) is 6.23 Å². The van der Waals surface area contributed by atoms with E-state index in [9.17, 15) is 4.39 Å². The van der Waals surface area contributed by atoms with Gasteiger partial charge in [0.25, 0.3) is 0 Å². The minimum atomic E-state index is -0.815. The molecule has 9 heteroatoms. The number of methoxy groups -OCH3 is 2. The lowest BCUT2D eigenvalue weighted by atomic mass is 10.2. The van der Waals surface area contributed by atoms with Gasteiger partial charge in [-0.1, -0.05) is 12.1 Å². The van der Waals surface area contributed by atoms with E-state index >= 15 is 0 Å². The standard InChI is InChI=1S/C19H22FN5O3/c1-26-13-7-5-6-12(16(13)27-2)10-21-17-15-18(24-19(20)23-17)25(11-22-15)14-8-3-4-9-28-14/h5-7,11,14H,3-4,8-10H2,1-2H3,(H,21,23,24). The van der Waals surface area contributed by atoms with Crippen molar-refractivity contribution in [2.24, 2.45) is 0 Å². The number of aromatic nitrogens is 4. The number of benzene rings is 1. The Labute approximate surface area is 161 Å². The average molecular weight is 387 g/mol. The first-order chi connectivity index (χ1) is 13.7. The van der Waals surface area contributed by atoms with E-state index in [0.717, 1.165) is 24.8 Å². The minimum absolute atomic E-state index is 0.181. The Morgan fingerprint density at radius 1 is 1.25 bits per heavy atom. The van der Waals surface area contributed by atoms with Gasteiger partial charge in [0.15, 0.2) is 28.5 Å². The Morgan fingerprint density at radius 2 is 2.14 bits per heavy atom. The fourth-order valence-electron chi connectivity index (χ4n) is 3.44. The van der Waals surface area contributed by atoms with E-state index in [1.165, 1.54) is 0 Å². The van der Waals surface area contributed by atoms with Crippen molar-refractivity contribution in [3.05, 3.63) is 36.2 Å². The summed E-state index contributed by atoms with van der Waals surface area (Å²) in [5, 5.41) is 3.14. The van der Waals surface area contributed by atoms with Crippen molar-refractivity contribution < 1.29 is 18.6 Å². The van der Waals surface area contributed by atoms with Crippen LogP contribution in [0.3, 0.4) is 0 Å². The van der Waals surface area contributed by atoms with Gasteiger partial charge in [0.1, 0.15) is 6.23 Å². The number of hydrogen-bond donors (Lipinski definition) is 1. The largest absolute Gasteiger partial charge is 0.493 e. The first-order valence-corrected chi connectivity index (χ1v) is 9.16. The summed E-state index contributed by atoms with van der Waals surface area (Å²) in [5.41, 5.74) is 1.76. The molecule has 1 unspecified atom stereocenters. The van der Waals surface area contributed by atoms with Crippen LogP contribution in [-0.2, 0) is 11.3 Å². The van der Waals surface area contributed by atoms with Gasteiger partial charge in [-0.25, -0.2) is 4.98 Å². The third-order valence-electron chi connectivity index (χ3n) is 4.79. The van der Waals surface area contributed by atoms with Crippen LogP contribution in [0.4, 0.5) is 10.2 Å². The van der Waals surface area contributed by atoms with Crippen LogP contribution in [0.15, 0.2) is 24.5 Å². The molecule has 0 radical (unpaired) electrons. The highest BCUT2D eigenvalue weighted by Gasteiger charge is 2.21. The second kappa shape index (κ2) is 7.97. The molecular formula is C19H22FN5O3. The molecule has 3 heterocycles. The first kappa shape index (κ1) is 18.4. The third-order valence-corrected chi connectivity index (χ3v) is 4.79. The third kappa shape index (κ3) is 3.45. The van der Waals surface area contributed by atoms with Gasteiger partial charge in [-0.15, -0.1) is 0 Å². The molecular weight excluding hydrogens is 365 g/mol. The van der Waals surface area contributed by atoms with Crippen molar-refractivity contribution >= 4 is 17.0 Å². The lowest BCUT2D eigenvalue weighted by Gasteiger charge is -2.23. The quantitative estimate of drug-likeness (QED) is 0.650. The van der Waals surface area contributed by atoms with E-state index < -0.39 is 6.08 Å². The zero-order chi connectivity index (χ0) is 19.5. The van der Waals surface area contributed by atoms with Gasteiger partial charge in [0, 0.05) is 18.7 Å². The van der Waals surface area contributed by atoms with Gasteiger partial charge >= 0.3 is 6.08 Å². The van der Waals surface area contributed by atoms with Gasteiger partial charge in [-0.3, -0.25) is 4.57 Å². The number of ether oxygens (including phenoxy) is 3. The number of nitrogens with zero attached hydrogens (tertiary/aromatic N) is 4. The molecule has 1 saturated heterocycles. The molecule has 2 aromatic heterocycles. The highest BCUT2D eigenvalue weighted by Crippen LogP contribution is 2.32. The summed E-state index contributed by atoms with van der Waals surface area (Å²) >= 11 is 0. The fourth-order valence-corrected chi connectivity index (χ4v) is 3.44. The van der Waals surface area contributed by atoms with Crippen LogP contribution in [-0.4, -0.2) is 40.3 Å².